The minimum atomic E-state index is -1.47. The van der Waals surface area contributed by atoms with E-state index in [0.29, 0.717) is 22.5 Å². The summed E-state index contributed by atoms with van der Waals surface area (Å²) in [6, 6.07) is 16.8. The fourth-order valence-corrected chi connectivity index (χ4v) is 5.97. The summed E-state index contributed by atoms with van der Waals surface area (Å²) in [6.07, 6.45) is 0.213. The number of imide groups is 1. The Hall–Kier alpha value is -4.70. The Balaban J connectivity index is 1.44. The van der Waals surface area contributed by atoms with Crippen molar-refractivity contribution >= 4 is 35.1 Å². The van der Waals surface area contributed by atoms with Gasteiger partial charge in [0, 0.05) is 24.2 Å². The van der Waals surface area contributed by atoms with E-state index in [1.165, 1.54) is 43.3 Å². The van der Waals surface area contributed by atoms with Crippen molar-refractivity contribution in [1.29, 1.82) is 0 Å². The van der Waals surface area contributed by atoms with Gasteiger partial charge >= 0.3 is 5.97 Å². The molecule has 3 aromatic carbocycles. The van der Waals surface area contributed by atoms with Crippen LogP contribution in [0.5, 0.6) is 17.2 Å². The molecule has 38 heavy (non-hydrogen) atoms. The van der Waals surface area contributed by atoms with Crippen molar-refractivity contribution in [1.82, 2.24) is 5.32 Å². The highest BCUT2D eigenvalue weighted by molar-refractivity contribution is 6.25. The zero-order valence-electron chi connectivity index (χ0n) is 20.2. The van der Waals surface area contributed by atoms with Crippen molar-refractivity contribution in [3.63, 3.8) is 0 Å². The number of carbonyl (C=O) groups excluding carboxylic acids is 4. The molecule has 3 heterocycles. The van der Waals surface area contributed by atoms with Gasteiger partial charge in [0.25, 0.3) is 0 Å². The van der Waals surface area contributed by atoms with E-state index in [9.17, 15) is 29.4 Å². The Kier molecular flexibility index (Phi) is 5.25. The number of amides is 3. The first-order valence-electron chi connectivity index (χ1n) is 12.1. The Morgan fingerprint density at radius 3 is 2.42 bits per heavy atom. The molecule has 0 bridgehead atoms. The SMILES string of the molecule is CC(=O)Oc1ccc(N2C(=O)[C@H]3[C@@H](C2=O)[C@]2(N[C@@H]3Cc3ccc(O)c(O)c3)C(=O)Nc3ccccc32)cc1. The van der Waals surface area contributed by atoms with E-state index in [2.05, 4.69) is 10.6 Å². The van der Waals surface area contributed by atoms with E-state index >= 15 is 0 Å². The standard InChI is InChI=1S/C28H23N3O7/c1-14(32)38-17-9-7-16(8-10-17)31-25(35)23-20(12-15-6-11-21(33)22(34)13-15)30-28(24(23)26(31)36)18-4-2-3-5-19(18)29-27(28)37/h2-11,13,20,23-24,30,33-34H,12H2,1H3,(H,29,37)/t20-,23-,24+,28+/m1/s1. The second-order valence-corrected chi connectivity index (χ2v) is 9.69. The van der Waals surface area contributed by atoms with Gasteiger partial charge in [0.05, 0.1) is 17.5 Å². The summed E-state index contributed by atoms with van der Waals surface area (Å²) < 4.78 is 5.06. The molecule has 0 unspecified atom stereocenters. The van der Waals surface area contributed by atoms with Gasteiger partial charge in [0.1, 0.15) is 11.3 Å². The normalized spacial score (nSPS) is 25.4. The van der Waals surface area contributed by atoms with Crippen molar-refractivity contribution < 1.29 is 34.1 Å². The number of carbonyl (C=O) groups is 4. The minimum Gasteiger partial charge on any atom is -0.504 e. The van der Waals surface area contributed by atoms with Crippen LogP contribution in [0, 0.1) is 11.8 Å². The first-order chi connectivity index (χ1) is 18.2. The molecular weight excluding hydrogens is 490 g/mol. The summed E-state index contributed by atoms with van der Waals surface area (Å²) in [5, 5.41) is 25.9. The van der Waals surface area contributed by atoms with Gasteiger partial charge in [0.2, 0.25) is 17.7 Å². The second-order valence-electron chi connectivity index (χ2n) is 9.69. The molecule has 2 fully saturated rings. The molecule has 3 aliphatic heterocycles. The molecule has 3 aromatic rings. The van der Waals surface area contributed by atoms with Gasteiger partial charge < -0.3 is 20.3 Å². The summed E-state index contributed by atoms with van der Waals surface area (Å²) in [4.78, 5) is 53.8. The molecule has 3 aliphatic rings. The number of nitrogens with one attached hydrogen (secondary N) is 2. The number of hydrogen-bond donors (Lipinski definition) is 4. The highest BCUT2D eigenvalue weighted by Gasteiger charge is 2.70. The van der Waals surface area contributed by atoms with Crippen LogP contribution in [-0.2, 0) is 31.1 Å². The van der Waals surface area contributed by atoms with Gasteiger partial charge in [-0.2, -0.15) is 0 Å². The number of benzene rings is 3. The van der Waals surface area contributed by atoms with Crippen molar-refractivity contribution in [3.8, 4) is 17.2 Å². The summed E-state index contributed by atoms with van der Waals surface area (Å²) in [5.74, 6) is -4.12. The lowest BCUT2D eigenvalue weighted by atomic mass is 9.76. The van der Waals surface area contributed by atoms with Crippen LogP contribution in [0.25, 0.3) is 0 Å². The number of esters is 1. The molecule has 6 rings (SSSR count). The van der Waals surface area contributed by atoms with Crippen LogP contribution in [0.1, 0.15) is 18.1 Å². The number of phenolic OH excluding ortho intramolecular Hbond substituents is 2. The number of rotatable bonds is 4. The van der Waals surface area contributed by atoms with Crippen LogP contribution < -0.4 is 20.3 Å². The zero-order valence-corrected chi connectivity index (χ0v) is 20.2. The molecular formula is C28H23N3O7. The van der Waals surface area contributed by atoms with E-state index in [-0.39, 0.29) is 23.7 Å². The topological polar surface area (TPSA) is 145 Å². The van der Waals surface area contributed by atoms with E-state index in [4.69, 9.17) is 4.74 Å². The Morgan fingerprint density at radius 1 is 0.974 bits per heavy atom. The Labute approximate surface area is 216 Å². The Bertz CT molecular complexity index is 1520. The van der Waals surface area contributed by atoms with E-state index < -0.39 is 47.1 Å². The van der Waals surface area contributed by atoms with Crippen molar-refractivity contribution in [2.75, 3.05) is 10.2 Å². The zero-order chi connectivity index (χ0) is 26.8. The van der Waals surface area contributed by atoms with Crippen LogP contribution >= 0.6 is 0 Å². The van der Waals surface area contributed by atoms with E-state index in [1.807, 2.05) is 0 Å². The molecule has 3 amide bonds. The Morgan fingerprint density at radius 2 is 1.71 bits per heavy atom. The van der Waals surface area contributed by atoms with Gasteiger partial charge in [-0.15, -0.1) is 0 Å². The molecule has 0 aliphatic carbocycles. The molecule has 0 radical (unpaired) electrons. The number of fused-ring (bicyclic) bond motifs is 4. The average Bonchev–Trinajstić information content (AvgIpc) is 3.46. The smallest absolute Gasteiger partial charge is 0.308 e. The number of aromatic hydroxyl groups is 2. The summed E-state index contributed by atoms with van der Waals surface area (Å²) in [7, 11) is 0. The van der Waals surface area contributed by atoms with Gasteiger partial charge in [-0.1, -0.05) is 24.3 Å². The maximum atomic E-state index is 14.0. The van der Waals surface area contributed by atoms with Gasteiger partial charge in [-0.25, -0.2) is 4.90 Å². The number of ether oxygens (including phenoxy) is 1. The molecule has 4 atom stereocenters. The van der Waals surface area contributed by atoms with Crippen molar-refractivity contribution in [3.05, 3.63) is 77.9 Å². The van der Waals surface area contributed by atoms with E-state index in [1.54, 1.807) is 30.3 Å². The molecule has 0 saturated carbocycles. The van der Waals surface area contributed by atoms with Gasteiger partial charge in [-0.3, -0.25) is 24.5 Å². The quantitative estimate of drug-likeness (QED) is 0.180. The van der Waals surface area contributed by atoms with Crippen LogP contribution in [0.15, 0.2) is 66.7 Å². The first kappa shape index (κ1) is 23.7. The third-order valence-corrected chi connectivity index (χ3v) is 7.47. The maximum Gasteiger partial charge on any atom is 0.308 e. The number of anilines is 2. The summed E-state index contributed by atoms with van der Waals surface area (Å²) >= 11 is 0. The third-order valence-electron chi connectivity index (χ3n) is 7.47. The predicted octanol–water partition coefficient (Wildman–Crippen LogP) is 2.19. The average molecular weight is 514 g/mol. The van der Waals surface area contributed by atoms with Gasteiger partial charge in [-0.05, 0) is 54.4 Å². The lowest BCUT2D eigenvalue weighted by Gasteiger charge is -2.29. The number of para-hydroxylation sites is 1. The predicted molar refractivity (Wildman–Crippen MR) is 134 cm³/mol. The van der Waals surface area contributed by atoms with Crippen molar-refractivity contribution in [2.45, 2.75) is 24.9 Å². The van der Waals surface area contributed by atoms with Crippen LogP contribution in [0.4, 0.5) is 11.4 Å². The highest BCUT2D eigenvalue weighted by Crippen LogP contribution is 2.54. The number of hydrogen-bond acceptors (Lipinski definition) is 8. The molecule has 1 spiro atoms. The second kappa shape index (κ2) is 8.42. The van der Waals surface area contributed by atoms with Gasteiger partial charge in [0.15, 0.2) is 11.5 Å². The molecule has 192 valence electrons. The molecule has 10 heteroatoms. The third kappa shape index (κ3) is 3.37. The van der Waals surface area contributed by atoms with Crippen LogP contribution in [-0.4, -0.2) is 39.9 Å². The summed E-state index contributed by atoms with van der Waals surface area (Å²) in [6.45, 7) is 1.27. The fourth-order valence-electron chi connectivity index (χ4n) is 5.97. The lowest BCUT2D eigenvalue weighted by Crippen LogP contribution is -2.53. The molecule has 0 aromatic heterocycles. The van der Waals surface area contributed by atoms with Crippen molar-refractivity contribution in [2.24, 2.45) is 11.8 Å². The first-order valence-corrected chi connectivity index (χ1v) is 12.1. The van der Waals surface area contributed by atoms with Crippen LogP contribution in [0.2, 0.25) is 0 Å². The number of phenols is 2. The fraction of sp³-hybridized carbons (Fsp3) is 0.214. The largest absolute Gasteiger partial charge is 0.504 e. The highest BCUT2D eigenvalue weighted by atomic mass is 16.5. The number of nitrogens with zero attached hydrogens (tertiary/aromatic N) is 1. The monoisotopic (exact) mass is 513 g/mol. The van der Waals surface area contributed by atoms with Crippen LogP contribution in [0.3, 0.4) is 0 Å². The lowest BCUT2D eigenvalue weighted by molar-refractivity contribution is -0.132. The maximum absolute atomic E-state index is 14.0. The van der Waals surface area contributed by atoms with E-state index in [0.717, 1.165) is 4.90 Å². The molecule has 2 saturated heterocycles. The molecule has 4 N–H and O–H groups in total. The molecule has 10 nitrogen and oxygen atoms in total. The minimum absolute atomic E-state index is 0.213. The summed E-state index contributed by atoms with van der Waals surface area (Å²) in [5.41, 5.74) is 0.600.